The Kier molecular flexibility index (Phi) is 4.60. The highest BCUT2D eigenvalue weighted by molar-refractivity contribution is 5.62. The van der Waals surface area contributed by atoms with Crippen molar-refractivity contribution < 1.29 is 0 Å². The van der Waals surface area contributed by atoms with E-state index in [1.807, 2.05) is 0 Å². The molecule has 4 aliphatic rings. The Balaban J connectivity index is 1.39. The van der Waals surface area contributed by atoms with Crippen LogP contribution in [0.2, 0.25) is 0 Å². The van der Waals surface area contributed by atoms with Gasteiger partial charge in [-0.15, -0.1) is 10.2 Å². The lowest BCUT2D eigenvalue weighted by Gasteiger charge is -2.53. The number of nitrogens with zero attached hydrogens (tertiary/aromatic N) is 3. The van der Waals surface area contributed by atoms with Crippen molar-refractivity contribution in [1.29, 1.82) is 0 Å². The second-order valence-electron chi connectivity index (χ2n) is 10.0. The van der Waals surface area contributed by atoms with Gasteiger partial charge in [-0.1, -0.05) is 50.5 Å². The molecule has 1 aromatic heterocycles. The van der Waals surface area contributed by atoms with Gasteiger partial charge < -0.3 is 4.57 Å². The molecule has 0 atom stereocenters. The lowest BCUT2D eigenvalue weighted by Crippen LogP contribution is -2.45. The molecule has 1 heterocycles. The zero-order chi connectivity index (χ0) is 19.2. The minimum atomic E-state index is 0.279. The van der Waals surface area contributed by atoms with Crippen molar-refractivity contribution in [1.82, 2.24) is 14.8 Å². The van der Waals surface area contributed by atoms with Gasteiger partial charge >= 0.3 is 0 Å². The van der Waals surface area contributed by atoms with Gasteiger partial charge in [-0.05, 0) is 74.7 Å². The van der Waals surface area contributed by atoms with Crippen LogP contribution < -0.4 is 0 Å². The molecule has 6 rings (SSSR count). The minimum Gasteiger partial charge on any atom is -0.314 e. The molecule has 0 N–H and O–H groups in total. The number of rotatable bonds is 7. The van der Waals surface area contributed by atoms with Crippen molar-refractivity contribution in [2.75, 3.05) is 0 Å². The normalized spacial score (nSPS) is 29.4. The van der Waals surface area contributed by atoms with E-state index in [9.17, 15) is 0 Å². The van der Waals surface area contributed by atoms with Crippen LogP contribution in [0.4, 0.5) is 0 Å². The predicted octanol–water partition coefficient (Wildman–Crippen LogP) is 6.53. The first-order valence-corrected chi connectivity index (χ1v) is 11.7. The molecule has 0 unspecified atom stereocenters. The van der Waals surface area contributed by atoms with E-state index < -0.39 is 0 Å². The molecule has 4 saturated carbocycles. The summed E-state index contributed by atoms with van der Waals surface area (Å²) < 4.78 is 2.34. The molecule has 4 fully saturated rings. The van der Waals surface area contributed by atoms with Crippen molar-refractivity contribution in [2.24, 2.45) is 12.5 Å². The molecule has 0 spiro atoms. The first-order chi connectivity index (χ1) is 13.7. The maximum absolute atomic E-state index is 4.82. The Hall–Kier alpha value is -1.64. The molecule has 2 aromatic rings. The maximum Gasteiger partial charge on any atom is 0.163 e. The van der Waals surface area contributed by atoms with Gasteiger partial charge in [-0.25, -0.2) is 0 Å². The molecule has 0 radical (unpaired) electrons. The van der Waals surface area contributed by atoms with E-state index in [0.29, 0.717) is 5.41 Å². The van der Waals surface area contributed by atoms with E-state index in [-0.39, 0.29) is 5.41 Å². The quantitative estimate of drug-likeness (QED) is 0.513. The average Bonchev–Trinajstić information content (AvgIpc) is 3.51. The summed E-state index contributed by atoms with van der Waals surface area (Å²) in [5, 5.41) is 9.55. The molecular weight excluding hydrogens is 342 g/mol. The summed E-state index contributed by atoms with van der Waals surface area (Å²) in [6, 6.07) is 8.87. The van der Waals surface area contributed by atoms with Crippen LogP contribution in [0.25, 0.3) is 11.4 Å². The maximum atomic E-state index is 4.82. The van der Waals surface area contributed by atoms with Crippen LogP contribution in [0, 0.1) is 5.41 Å². The Bertz CT molecular complexity index is 821. The number of hydrogen-bond donors (Lipinski definition) is 0. The standard InChI is InChI=1S/C25H35N3/c1-3-4-7-12-24-13-16-25(17-14-24,18-15-24)23-27-26-22(28(23)2)21-9-6-5-8-20(21)19-10-11-19/h5-6,8-9,19H,3-4,7,10-18H2,1-2H3. The number of hydrogen-bond acceptors (Lipinski definition) is 2. The zero-order valence-corrected chi connectivity index (χ0v) is 17.7. The van der Waals surface area contributed by atoms with Gasteiger partial charge in [-0.3, -0.25) is 0 Å². The molecule has 4 aliphatic carbocycles. The van der Waals surface area contributed by atoms with Crippen molar-refractivity contribution in [2.45, 2.75) is 95.3 Å². The Morgan fingerprint density at radius 2 is 1.68 bits per heavy atom. The highest BCUT2D eigenvalue weighted by atomic mass is 15.3. The van der Waals surface area contributed by atoms with Crippen molar-refractivity contribution in [3.8, 4) is 11.4 Å². The van der Waals surface area contributed by atoms with Crippen LogP contribution in [-0.4, -0.2) is 14.8 Å². The fourth-order valence-electron chi connectivity index (χ4n) is 6.20. The fraction of sp³-hybridized carbons (Fsp3) is 0.680. The molecule has 0 amide bonds. The highest BCUT2D eigenvalue weighted by Gasteiger charge is 2.51. The summed E-state index contributed by atoms with van der Waals surface area (Å²) in [6.45, 7) is 2.32. The molecule has 28 heavy (non-hydrogen) atoms. The highest BCUT2D eigenvalue weighted by Crippen LogP contribution is 2.59. The third-order valence-corrected chi connectivity index (χ3v) is 8.28. The van der Waals surface area contributed by atoms with Gasteiger partial charge in [-0.2, -0.15) is 0 Å². The molecular formula is C25H35N3. The number of aromatic nitrogens is 3. The first-order valence-electron chi connectivity index (χ1n) is 11.7. The average molecular weight is 378 g/mol. The summed E-state index contributed by atoms with van der Waals surface area (Å²) in [4.78, 5) is 0. The molecule has 3 nitrogen and oxygen atoms in total. The number of fused-ring (bicyclic) bond motifs is 3. The molecule has 3 heteroatoms. The third kappa shape index (κ3) is 3.02. The van der Waals surface area contributed by atoms with Crippen LogP contribution in [0.15, 0.2) is 24.3 Å². The Morgan fingerprint density at radius 3 is 2.36 bits per heavy atom. The van der Waals surface area contributed by atoms with Crippen LogP contribution in [0.5, 0.6) is 0 Å². The van der Waals surface area contributed by atoms with Crippen molar-refractivity contribution in [3.05, 3.63) is 35.7 Å². The summed E-state index contributed by atoms with van der Waals surface area (Å²) in [5.74, 6) is 3.08. The zero-order valence-electron chi connectivity index (χ0n) is 17.7. The van der Waals surface area contributed by atoms with Gasteiger partial charge in [0.15, 0.2) is 5.82 Å². The fourth-order valence-corrected chi connectivity index (χ4v) is 6.20. The van der Waals surface area contributed by atoms with E-state index in [1.165, 1.54) is 94.0 Å². The molecule has 2 bridgehead atoms. The molecule has 0 saturated heterocycles. The second kappa shape index (κ2) is 7.00. The van der Waals surface area contributed by atoms with Gasteiger partial charge in [0.25, 0.3) is 0 Å². The summed E-state index contributed by atoms with van der Waals surface area (Å²) >= 11 is 0. The van der Waals surface area contributed by atoms with Gasteiger partial charge in [0, 0.05) is 18.0 Å². The molecule has 1 aromatic carbocycles. The second-order valence-corrected chi connectivity index (χ2v) is 10.0. The van der Waals surface area contributed by atoms with E-state index in [0.717, 1.165) is 11.7 Å². The lowest BCUT2D eigenvalue weighted by atomic mass is 9.52. The van der Waals surface area contributed by atoms with E-state index in [2.05, 4.69) is 42.8 Å². The largest absolute Gasteiger partial charge is 0.314 e. The van der Waals surface area contributed by atoms with Crippen molar-refractivity contribution >= 4 is 0 Å². The third-order valence-electron chi connectivity index (χ3n) is 8.28. The summed E-state index contributed by atoms with van der Waals surface area (Å²) in [6.07, 6.45) is 16.4. The molecule has 0 aliphatic heterocycles. The van der Waals surface area contributed by atoms with Crippen LogP contribution in [0.3, 0.4) is 0 Å². The smallest absolute Gasteiger partial charge is 0.163 e. The van der Waals surface area contributed by atoms with Crippen LogP contribution in [0.1, 0.15) is 101 Å². The summed E-state index contributed by atoms with van der Waals surface area (Å²) in [5.41, 5.74) is 3.71. The SMILES string of the molecule is CCCCCC12CCC(c3nnc(-c4ccccc4C4CC4)n3C)(CC1)CC2. The van der Waals surface area contributed by atoms with Gasteiger partial charge in [0.05, 0.1) is 0 Å². The summed E-state index contributed by atoms with van der Waals surface area (Å²) in [7, 11) is 2.21. The molecule has 150 valence electrons. The van der Waals surface area contributed by atoms with E-state index in [1.54, 1.807) is 0 Å². The van der Waals surface area contributed by atoms with Crippen LogP contribution in [-0.2, 0) is 12.5 Å². The predicted molar refractivity (Wildman–Crippen MR) is 114 cm³/mol. The Morgan fingerprint density at radius 1 is 0.964 bits per heavy atom. The Labute approximate surface area is 170 Å². The minimum absolute atomic E-state index is 0.279. The monoisotopic (exact) mass is 377 g/mol. The van der Waals surface area contributed by atoms with E-state index in [4.69, 9.17) is 10.2 Å². The lowest BCUT2D eigenvalue weighted by molar-refractivity contribution is 0.0250. The number of unbranched alkanes of at least 4 members (excludes halogenated alkanes) is 2. The topological polar surface area (TPSA) is 30.7 Å². The number of benzene rings is 1. The first kappa shape index (κ1) is 18.4. The van der Waals surface area contributed by atoms with Crippen molar-refractivity contribution in [3.63, 3.8) is 0 Å². The van der Waals surface area contributed by atoms with E-state index >= 15 is 0 Å². The van der Waals surface area contributed by atoms with Gasteiger partial charge in [0.1, 0.15) is 5.82 Å². The van der Waals surface area contributed by atoms with Gasteiger partial charge in [0.2, 0.25) is 0 Å². The van der Waals surface area contributed by atoms with Crippen LogP contribution >= 0.6 is 0 Å².